The minimum Gasteiger partial charge on any atom is -0.508 e. The topological polar surface area (TPSA) is 66.8 Å². The summed E-state index contributed by atoms with van der Waals surface area (Å²) < 4.78 is 5.80. The van der Waals surface area contributed by atoms with Crippen LogP contribution in [0.1, 0.15) is 17.0 Å². The van der Waals surface area contributed by atoms with Crippen molar-refractivity contribution >= 4 is 5.97 Å². The molecule has 0 fully saturated rings. The van der Waals surface area contributed by atoms with Gasteiger partial charge in [0.15, 0.2) is 0 Å². The van der Waals surface area contributed by atoms with Crippen LogP contribution in [-0.2, 0) is 11.2 Å². The first-order chi connectivity index (χ1) is 12.1. The molecule has 0 saturated carbocycles. The van der Waals surface area contributed by atoms with Crippen LogP contribution in [0.2, 0.25) is 0 Å². The van der Waals surface area contributed by atoms with Crippen LogP contribution in [0.4, 0.5) is 0 Å². The minimum atomic E-state index is -0.931. The zero-order chi connectivity index (χ0) is 17.6. The van der Waals surface area contributed by atoms with Crippen molar-refractivity contribution in [2.24, 2.45) is 0 Å². The first-order valence-corrected chi connectivity index (χ1v) is 7.95. The Labute approximate surface area is 146 Å². The molecule has 0 bridgehead atoms. The van der Waals surface area contributed by atoms with E-state index in [0.29, 0.717) is 17.7 Å². The van der Waals surface area contributed by atoms with Gasteiger partial charge in [0.05, 0.1) is 5.92 Å². The average Bonchev–Trinajstić information content (AvgIpc) is 2.61. The fraction of sp³-hybridized carbons (Fsp3) is 0.0952. The summed E-state index contributed by atoms with van der Waals surface area (Å²) in [6.07, 6.45) is 0.310. The number of rotatable bonds is 6. The summed E-state index contributed by atoms with van der Waals surface area (Å²) in [4.78, 5) is 11.7. The lowest BCUT2D eigenvalue weighted by atomic mass is 9.92. The summed E-state index contributed by atoms with van der Waals surface area (Å²) in [5, 5.41) is 19.2. The van der Waals surface area contributed by atoms with Gasteiger partial charge in [-0.15, -0.1) is 0 Å². The molecule has 0 amide bonds. The molecule has 2 N–H and O–H groups in total. The normalized spacial score (nSPS) is 11.7. The second kappa shape index (κ2) is 7.53. The predicted molar refractivity (Wildman–Crippen MR) is 95.1 cm³/mol. The Morgan fingerprint density at radius 3 is 2.32 bits per heavy atom. The van der Waals surface area contributed by atoms with Gasteiger partial charge in [0, 0.05) is 0 Å². The molecule has 1 unspecified atom stereocenters. The summed E-state index contributed by atoms with van der Waals surface area (Å²) in [5.41, 5.74) is 1.42. The van der Waals surface area contributed by atoms with Crippen molar-refractivity contribution < 1.29 is 19.7 Å². The van der Waals surface area contributed by atoms with E-state index in [0.717, 1.165) is 11.3 Å². The number of aliphatic carboxylic acids is 1. The van der Waals surface area contributed by atoms with E-state index < -0.39 is 11.9 Å². The number of phenolic OH excluding ortho intramolecular Hbond substituents is 1. The Morgan fingerprint density at radius 1 is 0.880 bits per heavy atom. The fourth-order valence-corrected chi connectivity index (χ4v) is 2.69. The first kappa shape index (κ1) is 16.6. The standard InChI is InChI=1S/C21H18O4/c22-17-8-5-7-16(14-17)20(21(23)24)13-15-6-4-11-19(12-15)25-18-9-2-1-3-10-18/h1-12,14,20,22H,13H2,(H,23,24). The van der Waals surface area contributed by atoms with Crippen LogP contribution in [0, 0.1) is 0 Å². The summed E-state index contributed by atoms with van der Waals surface area (Å²) >= 11 is 0. The molecule has 0 aliphatic rings. The molecule has 126 valence electrons. The molecule has 3 rings (SSSR count). The highest BCUT2D eigenvalue weighted by atomic mass is 16.5. The zero-order valence-corrected chi connectivity index (χ0v) is 13.5. The quantitative estimate of drug-likeness (QED) is 0.691. The van der Waals surface area contributed by atoms with Crippen LogP contribution < -0.4 is 4.74 Å². The van der Waals surface area contributed by atoms with Crippen LogP contribution in [0.5, 0.6) is 17.2 Å². The van der Waals surface area contributed by atoms with Gasteiger partial charge in [-0.3, -0.25) is 4.79 Å². The third-order valence-corrected chi connectivity index (χ3v) is 3.89. The fourth-order valence-electron chi connectivity index (χ4n) is 2.69. The monoisotopic (exact) mass is 334 g/mol. The van der Waals surface area contributed by atoms with Crippen molar-refractivity contribution in [2.75, 3.05) is 0 Å². The Morgan fingerprint density at radius 2 is 1.60 bits per heavy atom. The molecule has 0 saturated heterocycles. The predicted octanol–water partition coefficient (Wildman–Crippen LogP) is 4.60. The molecular weight excluding hydrogens is 316 g/mol. The SMILES string of the molecule is O=C(O)C(Cc1cccc(Oc2ccccc2)c1)c1cccc(O)c1. The first-order valence-electron chi connectivity index (χ1n) is 7.95. The van der Waals surface area contributed by atoms with Crippen molar-refractivity contribution in [2.45, 2.75) is 12.3 Å². The maximum Gasteiger partial charge on any atom is 0.311 e. The van der Waals surface area contributed by atoms with Crippen LogP contribution in [-0.4, -0.2) is 16.2 Å². The number of hydrogen-bond donors (Lipinski definition) is 2. The lowest BCUT2D eigenvalue weighted by molar-refractivity contribution is -0.138. The van der Waals surface area contributed by atoms with Crippen LogP contribution in [0.15, 0.2) is 78.9 Å². The number of ether oxygens (including phenoxy) is 1. The highest BCUT2D eigenvalue weighted by Gasteiger charge is 2.21. The lowest BCUT2D eigenvalue weighted by Crippen LogP contribution is -2.14. The van der Waals surface area contributed by atoms with Crippen molar-refractivity contribution in [3.8, 4) is 17.2 Å². The molecule has 0 radical (unpaired) electrons. The summed E-state index contributed by atoms with van der Waals surface area (Å²) in [5.74, 6) is -0.227. The van der Waals surface area contributed by atoms with Gasteiger partial charge in [0.1, 0.15) is 17.2 Å². The summed E-state index contributed by atoms with van der Waals surface area (Å²) in [6.45, 7) is 0. The van der Waals surface area contributed by atoms with Crippen LogP contribution >= 0.6 is 0 Å². The largest absolute Gasteiger partial charge is 0.508 e. The Bertz CT molecular complexity index is 859. The second-order valence-electron chi connectivity index (χ2n) is 5.75. The molecule has 3 aromatic carbocycles. The van der Waals surface area contributed by atoms with E-state index in [9.17, 15) is 15.0 Å². The van der Waals surface area contributed by atoms with Gasteiger partial charge in [-0.2, -0.15) is 0 Å². The van der Waals surface area contributed by atoms with E-state index in [-0.39, 0.29) is 5.75 Å². The van der Waals surface area contributed by atoms with E-state index in [4.69, 9.17) is 4.74 Å². The number of carbonyl (C=O) groups is 1. The smallest absolute Gasteiger partial charge is 0.311 e. The summed E-state index contributed by atoms with van der Waals surface area (Å²) in [6, 6.07) is 23.2. The molecule has 1 atom stereocenters. The number of para-hydroxylation sites is 1. The van der Waals surface area contributed by atoms with Crippen molar-refractivity contribution in [1.29, 1.82) is 0 Å². The van der Waals surface area contributed by atoms with Gasteiger partial charge in [0.25, 0.3) is 0 Å². The van der Waals surface area contributed by atoms with Crippen molar-refractivity contribution in [1.82, 2.24) is 0 Å². The number of phenols is 1. The van der Waals surface area contributed by atoms with Gasteiger partial charge in [-0.05, 0) is 53.9 Å². The number of carboxylic acids is 1. The molecule has 0 heterocycles. The van der Waals surface area contributed by atoms with E-state index in [1.54, 1.807) is 12.1 Å². The number of aromatic hydroxyl groups is 1. The maximum atomic E-state index is 11.7. The Balaban J connectivity index is 1.81. The van der Waals surface area contributed by atoms with Gasteiger partial charge < -0.3 is 14.9 Å². The Hall–Kier alpha value is -3.27. The average molecular weight is 334 g/mol. The third-order valence-electron chi connectivity index (χ3n) is 3.89. The summed E-state index contributed by atoms with van der Waals surface area (Å²) in [7, 11) is 0. The number of carboxylic acid groups (broad SMARTS) is 1. The van der Waals surface area contributed by atoms with Crippen molar-refractivity contribution in [3.63, 3.8) is 0 Å². The molecule has 0 aromatic heterocycles. The number of hydrogen-bond acceptors (Lipinski definition) is 3. The molecule has 4 nitrogen and oxygen atoms in total. The lowest BCUT2D eigenvalue weighted by Gasteiger charge is -2.14. The maximum absolute atomic E-state index is 11.7. The highest BCUT2D eigenvalue weighted by molar-refractivity contribution is 5.76. The third kappa shape index (κ3) is 4.38. The molecule has 0 aliphatic carbocycles. The van der Waals surface area contributed by atoms with E-state index in [2.05, 4.69) is 0 Å². The molecule has 3 aromatic rings. The number of benzene rings is 3. The van der Waals surface area contributed by atoms with Crippen LogP contribution in [0.3, 0.4) is 0 Å². The molecular formula is C21H18O4. The van der Waals surface area contributed by atoms with E-state index in [1.165, 1.54) is 12.1 Å². The van der Waals surface area contributed by atoms with E-state index in [1.807, 2.05) is 54.6 Å². The molecule has 4 heteroatoms. The zero-order valence-electron chi connectivity index (χ0n) is 13.5. The minimum absolute atomic E-state index is 0.0601. The Kier molecular flexibility index (Phi) is 5.00. The van der Waals surface area contributed by atoms with Gasteiger partial charge in [-0.1, -0.05) is 42.5 Å². The van der Waals surface area contributed by atoms with E-state index >= 15 is 0 Å². The molecule has 0 aliphatic heterocycles. The molecule has 0 spiro atoms. The van der Waals surface area contributed by atoms with Crippen LogP contribution in [0.25, 0.3) is 0 Å². The van der Waals surface area contributed by atoms with Gasteiger partial charge >= 0.3 is 5.97 Å². The van der Waals surface area contributed by atoms with Gasteiger partial charge in [-0.25, -0.2) is 0 Å². The highest BCUT2D eigenvalue weighted by Crippen LogP contribution is 2.27. The second-order valence-corrected chi connectivity index (χ2v) is 5.75. The van der Waals surface area contributed by atoms with Gasteiger partial charge in [0.2, 0.25) is 0 Å². The van der Waals surface area contributed by atoms with Crippen molar-refractivity contribution in [3.05, 3.63) is 90.0 Å². The molecule has 25 heavy (non-hydrogen) atoms.